The van der Waals surface area contributed by atoms with Crippen LogP contribution in [0.4, 0.5) is 5.69 Å². The average molecular weight is 351 g/mol. The Morgan fingerprint density at radius 3 is 3.10 bits per heavy atom. The first-order chi connectivity index (χ1) is 9.74. The molecule has 0 saturated heterocycles. The lowest BCUT2D eigenvalue weighted by atomic mass is 9.90. The number of amides is 1. The van der Waals surface area contributed by atoms with E-state index in [4.69, 9.17) is 0 Å². The molecule has 2 heterocycles. The van der Waals surface area contributed by atoms with Gasteiger partial charge in [0.1, 0.15) is 0 Å². The SMILES string of the molecule is O=C(NCc1cc(Br)cs1)C1CCNc2ccccc21. The van der Waals surface area contributed by atoms with Gasteiger partial charge in [0.25, 0.3) is 0 Å². The number of benzene rings is 1. The lowest BCUT2D eigenvalue weighted by Crippen LogP contribution is -2.32. The van der Waals surface area contributed by atoms with Crippen LogP contribution in [0.3, 0.4) is 0 Å². The molecule has 2 aromatic rings. The Hall–Kier alpha value is -1.33. The third kappa shape index (κ3) is 2.88. The number of carbonyl (C=O) groups excluding carboxylic acids is 1. The van der Waals surface area contributed by atoms with Gasteiger partial charge in [-0.05, 0) is 40.0 Å². The Balaban J connectivity index is 1.69. The summed E-state index contributed by atoms with van der Waals surface area (Å²) in [4.78, 5) is 13.6. The molecule has 1 aromatic carbocycles. The number of fused-ring (bicyclic) bond motifs is 1. The second-order valence-corrected chi connectivity index (χ2v) is 6.72. The summed E-state index contributed by atoms with van der Waals surface area (Å²) in [7, 11) is 0. The minimum Gasteiger partial charge on any atom is -0.385 e. The van der Waals surface area contributed by atoms with Gasteiger partial charge in [0.15, 0.2) is 0 Å². The third-order valence-corrected chi connectivity index (χ3v) is 5.16. The molecule has 1 unspecified atom stereocenters. The van der Waals surface area contributed by atoms with Gasteiger partial charge >= 0.3 is 0 Å². The molecule has 0 saturated carbocycles. The molecule has 0 fully saturated rings. The quantitative estimate of drug-likeness (QED) is 0.885. The van der Waals surface area contributed by atoms with E-state index in [9.17, 15) is 4.79 Å². The smallest absolute Gasteiger partial charge is 0.227 e. The molecule has 1 amide bonds. The van der Waals surface area contributed by atoms with Gasteiger partial charge in [-0.25, -0.2) is 0 Å². The minimum atomic E-state index is -0.0455. The average Bonchev–Trinajstić information content (AvgIpc) is 2.90. The van der Waals surface area contributed by atoms with E-state index >= 15 is 0 Å². The molecule has 1 atom stereocenters. The van der Waals surface area contributed by atoms with E-state index in [1.54, 1.807) is 11.3 Å². The maximum Gasteiger partial charge on any atom is 0.227 e. The van der Waals surface area contributed by atoms with Crippen LogP contribution in [-0.2, 0) is 11.3 Å². The van der Waals surface area contributed by atoms with Crippen LogP contribution in [0, 0.1) is 0 Å². The fourth-order valence-electron chi connectivity index (χ4n) is 2.48. The van der Waals surface area contributed by atoms with Crippen molar-refractivity contribution in [3.8, 4) is 0 Å². The molecule has 20 heavy (non-hydrogen) atoms. The summed E-state index contributed by atoms with van der Waals surface area (Å²) in [6.07, 6.45) is 0.844. The highest BCUT2D eigenvalue weighted by atomic mass is 79.9. The molecule has 1 aliphatic rings. The lowest BCUT2D eigenvalue weighted by molar-refractivity contribution is -0.122. The van der Waals surface area contributed by atoms with E-state index in [0.29, 0.717) is 6.54 Å². The summed E-state index contributed by atoms with van der Waals surface area (Å²) in [6, 6.07) is 10.1. The molecular formula is C15H15BrN2OS. The number of carbonyl (C=O) groups is 1. The van der Waals surface area contributed by atoms with Gasteiger partial charge in [0.2, 0.25) is 5.91 Å². The van der Waals surface area contributed by atoms with E-state index < -0.39 is 0 Å². The van der Waals surface area contributed by atoms with Crippen molar-refractivity contribution < 1.29 is 4.79 Å². The Bertz CT molecular complexity index is 626. The predicted octanol–water partition coefficient (Wildman–Crippen LogP) is 3.73. The monoisotopic (exact) mass is 350 g/mol. The summed E-state index contributed by atoms with van der Waals surface area (Å²) in [5.41, 5.74) is 2.18. The van der Waals surface area contributed by atoms with Gasteiger partial charge in [-0.3, -0.25) is 4.79 Å². The highest BCUT2D eigenvalue weighted by Gasteiger charge is 2.25. The van der Waals surface area contributed by atoms with Crippen LogP contribution in [0.5, 0.6) is 0 Å². The molecule has 104 valence electrons. The van der Waals surface area contributed by atoms with Crippen molar-refractivity contribution in [2.75, 3.05) is 11.9 Å². The highest BCUT2D eigenvalue weighted by molar-refractivity contribution is 9.10. The van der Waals surface area contributed by atoms with Gasteiger partial charge in [0.05, 0.1) is 12.5 Å². The molecule has 2 N–H and O–H groups in total. The predicted molar refractivity (Wildman–Crippen MR) is 86.2 cm³/mol. The van der Waals surface area contributed by atoms with E-state index in [1.165, 1.54) is 0 Å². The van der Waals surface area contributed by atoms with Gasteiger partial charge in [0, 0.05) is 27.0 Å². The van der Waals surface area contributed by atoms with E-state index in [0.717, 1.165) is 33.6 Å². The van der Waals surface area contributed by atoms with Gasteiger partial charge < -0.3 is 10.6 Å². The number of hydrogen-bond donors (Lipinski definition) is 2. The van der Waals surface area contributed by atoms with E-state index in [1.807, 2.05) is 35.7 Å². The number of halogens is 1. The first kappa shape index (κ1) is 13.6. The zero-order valence-corrected chi connectivity index (χ0v) is 13.3. The molecule has 0 spiro atoms. The maximum absolute atomic E-state index is 12.4. The zero-order chi connectivity index (χ0) is 13.9. The number of para-hydroxylation sites is 1. The summed E-state index contributed by atoms with van der Waals surface area (Å²) in [5, 5.41) is 8.42. The second-order valence-electron chi connectivity index (χ2n) is 4.80. The van der Waals surface area contributed by atoms with Crippen LogP contribution >= 0.6 is 27.3 Å². The second kappa shape index (κ2) is 5.97. The largest absolute Gasteiger partial charge is 0.385 e. The van der Waals surface area contributed by atoms with Gasteiger partial charge in [-0.15, -0.1) is 11.3 Å². The number of hydrogen-bond acceptors (Lipinski definition) is 3. The topological polar surface area (TPSA) is 41.1 Å². The van der Waals surface area contributed by atoms with Crippen LogP contribution in [0.25, 0.3) is 0 Å². The molecule has 0 radical (unpaired) electrons. The fraction of sp³-hybridized carbons (Fsp3) is 0.267. The van der Waals surface area contributed by atoms with Crippen LogP contribution in [-0.4, -0.2) is 12.5 Å². The van der Waals surface area contributed by atoms with Crippen molar-refractivity contribution in [2.24, 2.45) is 0 Å². The van der Waals surface area contributed by atoms with Crippen molar-refractivity contribution in [1.29, 1.82) is 0 Å². The van der Waals surface area contributed by atoms with Crippen molar-refractivity contribution in [3.05, 3.63) is 50.6 Å². The highest BCUT2D eigenvalue weighted by Crippen LogP contribution is 2.31. The van der Waals surface area contributed by atoms with Crippen LogP contribution in [0.2, 0.25) is 0 Å². The van der Waals surface area contributed by atoms with Crippen molar-refractivity contribution >= 4 is 38.9 Å². The Kier molecular flexibility index (Phi) is 4.08. The zero-order valence-electron chi connectivity index (χ0n) is 10.9. The van der Waals surface area contributed by atoms with Crippen LogP contribution in [0.15, 0.2) is 40.2 Å². The van der Waals surface area contributed by atoms with Crippen molar-refractivity contribution in [3.63, 3.8) is 0 Å². The van der Waals surface area contributed by atoms with Crippen molar-refractivity contribution in [2.45, 2.75) is 18.9 Å². The Morgan fingerprint density at radius 1 is 1.45 bits per heavy atom. The van der Waals surface area contributed by atoms with E-state index in [2.05, 4.69) is 26.6 Å². The third-order valence-electron chi connectivity index (χ3n) is 3.46. The fourth-order valence-corrected chi connectivity index (χ4v) is 3.88. The lowest BCUT2D eigenvalue weighted by Gasteiger charge is -2.25. The summed E-state index contributed by atoms with van der Waals surface area (Å²) >= 11 is 5.08. The molecule has 5 heteroatoms. The summed E-state index contributed by atoms with van der Waals surface area (Å²) < 4.78 is 1.07. The number of rotatable bonds is 3. The van der Waals surface area contributed by atoms with Crippen LogP contribution in [0.1, 0.15) is 22.8 Å². The first-order valence-electron chi connectivity index (χ1n) is 6.57. The first-order valence-corrected chi connectivity index (χ1v) is 8.25. The minimum absolute atomic E-state index is 0.0455. The number of thiophene rings is 1. The molecule has 3 nitrogen and oxygen atoms in total. The van der Waals surface area contributed by atoms with E-state index in [-0.39, 0.29) is 11.8 Å². The summed E-state index contributed by atoms with van der Waals surface area (Å²) in [5.74, 6) is 0.0688. The van der Waals surface area contributed by atoms with Gasteiger partial charge in [-0.2, -0.15) is 0 Å². The molecule has 0 aliphatic carbocycles. The number of nitrogens with one attached hydrogen (secondary N) is 2. The normalized spacial score (nSPS) is 17.1. The molecule has 1 aliphatic heterocycles. The molecular weight excluding hydrogens is 336 g/mol. The Labute approximate surface area is 130 Å². The molecule has 1 aromatic heterocycles. The number of anilines is 1. The van der Waals surface area contributed by atoms with Gasteiger partial charge in [-0.1, -0.05) is 18.2 Å². The maximum atomic E-state index is 12.4. The standard InChI is InChI=1S/C15H15BrN2OS/c16-10-7-11(20-9-10)8-18-15(19)13-5-6-17-14-4-2-1-3-12(13)14/h1-4,7,9,13,17H,5-6,8H2,(H,18,19). The Morgan fingerprint density at radius 2 is 2.30 bits per heavy atom. The van der Waals surface area contributed by atoms with Crippen LogP contribution < -0.4 is 10.6 Å². The molecule has 3 rings (SSSR count). The summed E-state index contributed by atoms with van der Waals surface area (Å²) in [6.45, 7) is 1.45. The van der Waals surface area contributed by atoms with Crippen molar-refractivity contribution in [1.82, 2.24) is 5.32 Å². The molecule has 0 bridgehead atoms.